The maximum absolute atomic E-state index is 4.38. The third-order valence-electron chi connectivity index (χ3n) is 2.69. The van der Waals surface area contributed by atoms with Gasteiger partial charge in [-0.2, -0.15) is 0 Å². The van der Waals surface area contributed by atoms with Gasteiger partial charge in [0.1, 0.15) is 5.69 Å². The molecule has 1 heterocycles. The van der Waals surface area contributed by atoms with Crippen molar-refractivity contribution >= 4 is 23.8 Å². The van der Waals surface area contributed by atoms with E-state index in [2.05, 4.69) is 38.7 Å². The van der Waals surface area contributed by atoms with Crippen LogP contribution >= 0.6 is 0 Å². The molecule has 4 nitrogen and oxygen atoms in total. The minimum atomic E-state index is 0.438. The van der Waals surface area contributed by atoms with Crippen molar-refractivity contribution in [3.8, 4) is 11.8 Å². The van der Waals surface area contributed by atoms with E-state index in [1.54, 1.807) is 19.3 Å². The number of hydrogen-bond donors (Lipinski definition) is 1. The first-order valence-corrected chi connectivity index (χ1v) is 6.56. The predicted molar refractivity (Wildman–Crippen MR) is 87.9 cm³/mol. The second-order valence-corrected chi connectivity index (χ2v) is 4.09. The third kappa shape index (κ3) is 3.54. The van der Waals surface area contributed by atoms with Gasteiger partial charge in [0.2, 0.25) is 5.82 Å². The Kier molecular flexibility index (Phi) is 4.84. The van der Waals surface area contributed by atoms with Crippen LogP contribution in [0.25, 0.3) is 6.08 Å². The SMILES string of the molecule is C=Cc1nc(C#Cc2ccccc2)nc(NC)c1N=CC. The fourth-order valence-corrected chi connectivity index (χ4v) is 1.75. The van der Waals surface area contributed by atoms with E-state index in [4.69, 9.17) is 0 Å². The lowest BCUT2D eigenvalue weighted by atomic mass is 10.2. The van der Waals surface area contributed by atoms with Crippen LogP contribution in [-0.4, -0.2) is 23.2 Å². The molecule has 1 N–H and O–H groups in total. The summed E-state index contributed by atoms with van der Waals surface area (Å²) in [5.74, 6) is 7.08. The predicted octanol–water partition coefficient (Wildman–Crippen LogP) is 3.28. The molecule has 0 unspecified atom stereocenters. The molecule has 0 amide bonds. The van der Waals surface area contributed by atoms with Gasteiger partial charge in [-0.05, 0) is 31.1 Å². The molecule has 21 heavy (non-hydrogen) atoms. The second-order valence-electron chi connectivity index (χ2n) is 4.09. The molecule has 2 aromatic rings. The summed E-state index contributed by atoms with van der Waals surface area (Å²) in [6.45, 7) is 5.61. The maximum atomic E-state index is 4.38. The quantitative estimate of drug-likeness (QED) is 0.691. The average molecular weight is 276 g/mol. The molecule has 0 atom stereocenters. The van der Waals surface area contributed by atoms with Crippen molar-refractivity contribution in [1.82, 2.24) is 9.97 Å². The van der Waals surface area contributed by atoms with Crippen molar-refractivity contribution in [3.63, 3.8) is 0 Å². The standard InChI is InChI=1S/C17H16N4/c1-4-14-16(19-5-2)17(18-3)21-15(20-14)12-11-13-9-7-6-8-10-13/h4-10H,1H2,2-3H3,(H,18,20,21). The van der Waals surface area contributed by atoms with Gasteiger partial charge in [-0.15, -0.1) is 0 Å². The Morgan fingerprint density at radius 3 is 2.57 bits per heavy atom. The van der Waals surface area contributed by atoms with Gasteiger partial charge in [0.25, 0.3) is 0 Å². The molecule has 0 radical (unpaired) electrons. The third-order valence-corrected chi connectivity index (χ3v) is 2.69. The van der Waals surface area contributed by atoms with Gasteiger partial charge in [0.15, 0.2) is 5.82 Å². The Labute approximate surface area is 124 Å². The topological polar surface area (TPSA) is 50.2 Å². The summed E-state index contributed by atoms with van der Waals surface area (Å²) in [7, 11) is 1.79. The maximum Gasteiger partial charge on any atom is 0.207 e. The summed E-state index contributed by atoms with van der Waals surface area (Å²) >= 11 is 0. The minimum absolute atomic E-state index is 0.438. The summed E-state index contributed by atoms with van der Waals surface area (Å²) in [5, 5.41) is 3.01. The van der Waals surface area contributed by atoms with Crippen molar-refractivity contribution in [1.29, 1.82) is 0 Å². The number of rotatable bonds is 3. The van der Waals surface area contributed by atoms with Gasteiger partial charge in [-0.3, -0.25) is 4.99 Å². The average Bonchev–Trinajstić information content (AvgIpc) is 2.54. The number of aromatic nitrogens is 2. The van der Waals surface area contributed by atoms with E-state index in [1.807, 2.05) is 37.3 Å². The second kappa shape index (κ2) is 7.01. The Balaban J connectivity index is 2.47. The summed E-state index contributed by atoms with van der Waals surface area (Å²) in [6, 6.07) is 9.72. The Bertz CT molecular complexity index is 722. The zero-order chi connectivity index (χ0) is 15.1. The van der Waals surface area contributed by atoms with E-state index in [1.165, 1.54) is 0 Å². The normalized spacial score (nSPS) is 10.0. The molecule has 2 rings (SSSR count). The van der Waals surface area contributed by atoms with Crippen molar-refractivity contribution in [2.24, 2.45) is 4.99 Å². The van der Waals surface area contributed by atoms with Crippen molar-refractivity contribution in [2.45, 2.75) is 6.92 Å². The van der Waals surface area contributed by atoms with Crippen LogP contribution < -0.4 is 5.32 Å². The highest BCUT2D eigenvalue weighted by molar-refractivity contribution is 5.76. The van der Waals surface area contributed by atoms with Crippen LogP contribution in [0.5, 0.6) is 0 Å². The first-order chi connectivity index (χ1) is 10.3. The van der Waals surface area contributed by atoms with E-state index in [0.717, 1.165) is 5.56 Å². The lowest BCUT2D eigenvalue weighted by Gasteiger charge is -2.07. The highest BCUT2D eigenvalue weighted by Gasteiger charge is 2.09. The summed E-state index contributed by atoms with van der Waals surface area (Å²) < 4.78 is 0. The molecule has 0 fully saturated rings. The fourth-order valence-electron chi connectivity index (χ4n) is 1.75. The van der Waals surface area contributed by atoms with Crippen LogP contribution in [0.2, 0.25) is 0 Å². The lowest BCUT2D eigenvalue weighted by molar-refractivity contribution is 1.10. The summed E-state index contributed by atoms with van der Waals surface area (Å²) in [5.41, 5.74) is 2.24. The van der Waals surface area contributed by atoms with Crippen LogP contribution in [0.15, 0.2) is 41.9 Å². The van der Waals surface area contributed by atoms with E-state index < -0.39 is 0 Å². The van der Waals surface area contributed by atoms with Crippen molar-refractivity contribution < 1.29 is 0 Å². The van der Waals surface area contributed by atoms with E-state index in [-0.39, 0.29) is 0 Å². The molecule has 1 aromatic carbocycles. The lowest BCUT2D eigenvalue weighted by Crippen LogP contribution is -2.00. The van der Waals surface area contributed by atoms with Gasteiger partial charge in [-0.1, -0.05) is 30.7 Å². The van der Waals surface area contributed by atoms with Gasteiger partial charge in [0, 0.05) is 18.8 Å². The molecule has 0 spiro atoms. The van der Waals surface area contributed by atoms with Crippen LogP contribution in [0, 0.1) is 11.8 Å². The molecule has 0 aliphatic heterocycles. The molecule has 1 aromatic heterocycles. The zero-order valence-corrected chi connectivity index (χ0v) is 12.1. The zero-order valence-electron chi connectivity index (χ0n) is 12.1. The molecule has 0 saturated heterocycles. The van der Waals surface area contributed by atoms with Crippen LogP contribution in [-0.2, 0) is 0 Å². The van der Waals surface area contributed by atoms with Crippen LogP contribution in [0.1, 0.15) is 24.0 Å². The van der Waals surface area contributed by atoms with Gasteiger partial charge >= 0.3 is 0 Å². The Hall–Kier alpha value is -2.93. The molecule has 104 valence electrons. The molecule has 0 bridgehead atoms. The van der Waals surface area contributed by atoms with Gasteiger partial charge in [0.05, 0.1) is 5.69 Å². The van der Waals surface area contributed by atoms with Crippen molar-refractivity contribution in [2.75, 3.05) is 12.4 Å². The van der Waals surface area contributed by atoms with Crippen molar-refractivity contribution in [3.05, 3.63) is 54.0 Å². The molecule has 4 heteroatoms. The number of aliphatic imine (C=N–C) groups is 1. The number of nitrogens with zero attached hydrogens (tertiary/aromatic N) is 3. The van der Waals surface area contributed by atoms with Crippen LogP contribution in [0.3, 0.4) is 0 Å². The Morgan fingerprint density at radius 2 is 1.95 bits per heavy atom. The fraction of sp³-hybridized carbons (Fsp3) is 0.118. The van der Waals surface area contributed by atoms with Gasteiger partial charge < -0.3 is 5.32 Å². The van der Waals surface area contributed by atoms with Gasteiger partial charge in [-0.25, -0.2) is 9.97 Å². The number of anilines is 1. The molecular weight excluding hydrogens is 260 g/mol. The van der Waals surface area contributed by atoms with E-state index in [9.17, 15) is 0 Å². The molecule has 0 aliphatic rings. The number of nitrogens with one attached hydrogen (secondary N) is 1. The highest BCUT2D eigenvalue weighted by atomic mass is 15.0. The highest BCUT2D eigenvalue weighted by Crippen LogP contribution is 2.26. The first kappa shape index (κ1) is 14.5. The Morgan fingerprint density at radius 1 is 1.19 bits per heavy atom. The molecule has 0 saturated carbocycles. The van der Waals surface area contributed by atoms with E-state index >= 15 is 0 Å². The number of hydrogen-bond acceptors (Lipinski definition) is 4. The largest absolute Gasteiger partial charge is 0.371 e. The van der Waals surface area contributed by atoms with E-state index in [0.29, 0.717) is 23.0 Å². The monoisotopic (exact) mass is 276 g/mol. The number of benzene rings is 1. The molecule has 0 aliphatic carbocycles. The first-order valence-electron chi connectivity index (χ1n) is 6.56. The minimum Gasteiger partial charge on any atom is -0.371 e. The molecular formula is C17H16N4. The summed E-state index contributed by atoms with van der Waals surface area (Å²) in [4.78, 5) is 13.0. The smallest absolute Gasteiger partial charge is 0.207 e. The summed E-state index contributed by atoms with van der Waals surface area (Å²) in [6.07, 6.45) is 3.35. The van der Waals surface area contributed by atoms with Crippen LogP contribution in [0.4, 0.5) is 11.5 Å².